The molecule has 9 nitrogen and oxygen atoms in total. The summed E-state index contributed by atoms with van der Waals surface area (Å²) in [5.74, 6) is -0.258. The minimum atomic E-state index is -3.92. The van der Waals surface area contributed by atoms with E-state index in [1.807, 2.05) is 13.8 Å². The molecule has 0 heterocycles. The first kappa shape index (κ1) is 31.5. The summed E-state index contributed by atoms with van der Waals surface area (Å²) in [5, 5.41) is 3.57. The van der Waals surface area contributed by atoms with Crippen LogP contribution in [0.4, 0.5) is 5.69 Å². The van der Waals surface area contributed by atoms with Crippen LogP contribution < -0.4 is 19.1 Å². The van der Waals surface area contributed by atoms with E-state index in [9.17, 15) is 18.0 Å². The molecular formula is C26H35Cl2N3O6S. The smallest absolute Gasteiger partial charge is 0.244 e. The number of nitrogens with one attached hydrogen (secondary N) is 1. The summed E-state index contributed by atoms with van der Waals surface area (Å²) in [6.07, 6.45) is 1.98. The van der Waals surface area contributed by atoms with E-state index in [0.29, 0.717) is 33.5 Å². The zero-order chi connectivity index (χ0) is 28.6. The van der Waals surface area contributed by atoms with Gasteiger partial charge in [0.1, 0.15) is 12.6 Å². The number of ether oxygens (including phenoxy) is 2. The van der Waals surface area contributed by atoms with Crippen LogP contribution in [0.1, 0.15) is 39.2 Å². The van der Waals surface area contributed by atoms with E-state index in [1.54, 1.807) is 31.2 Å². The molecule has 0 aliphatic heterocycles. The lowest BCUT2D eigenvalue weighted by atomic mass is 10.1. The summed E-state index contributed by atoms with van der Waals surface area (Å²) in [7, 11) is -1.03. The number of rotatable bonds is 13. The zero-order valence-corrected chi connectivity index (χ0v) is 24.8. The van der Waals surface area contributed by atoms with Crippen molar-refractivity contribution in [3.05, 3.63) is 52.0 Å². The molecule has 2 atom stereocenters. The number of halogens is 2. The number of anilines is 1. The van der Waals surface area contributed by atoms with Crippen molar-refractivity contribution in [2.24, 2.45) is 0 Å². The number of carbonyl (C=O) groups is 2. The van der Waals surface area contributed by atoms with Gasteiger partial charge in [-0.25, -0.2) is 8.42 Å². The van der Waals surface area contributed by atoms with Crippen LogP contribution in [-0.2, 0) is 26.2 Å². The largest absolute Gasteiger partial charge is 0.493 e. The molecule has 0 aliphatic rings. The van der Waals surface area contributed by atoms with E-state index < -0.39 is 28.5 Å². The van der Waals surface area contributed by atoms with Gasteiger partial charge in [0.15, 0.2) is 11.5 Å². The van der Waals surface area contributed by atoms with Gasteiger partial charge in [-0.3, -0.25) is 13.9 Å². The van der Waals surface area contributed by atoms with Gasteiger partial charge in [0, 0.05) is 34.3 Å². The van der Waals surface area contributed by atoms with E-state index >= 15 is 0 Å². The van der Waals surface area contributed by atoms with Crippen molar-refractivity contribution in [2.45, 2.75) is 52.2 Å². The first-order chi connectivity index (χ1) is 17.9. The minimum Gasteiger partial charge on any atom is -0.493 e. The summed E-state index contributed by atoms with van der Waals surface area (Å²) in [5.41, 5.74) is 0.655. The molecule has 2 rings (SSSR count). The molecule has 0 spiro atoms. The second-order valence-electron chi connectivity index (χ2n) is 8.77. The zero-order valence-electron chi connectivity index (χ0n) is 22.5. The van der Waals surface area contributed by atoms with Crippen LogP contribution in [0.5, 0.6) is 11.5 Å². The Balaban J connectivity index is 2.55. The normalized spacial score (nSPS) is 12.8. The van der Waals surface area contributed by atoms with Crippen LogP contribution >= 0.6 is 23.2 Å². The average molecular weight is 589 g/mol. The Labute approximate surface area is 235 Å². The minimum absolute atomic E-state index is 0.0900. The molecule has 0 fully saturated rings. The van der Waals surface area contributed by atoms with Gasteiger partial charge in [-0.2, -0.15) is 0 Å². The SMILES string of the molecule is CCC(C)NC(=O)C(CC)N(Cc1c(Cl)cccc1Cl)C(=O)CN(c1ccc(OC)c(OC)c1)S(C)(=O)=O. The van der Waals surface area contributed by atoms with Crippen molar-refractivity contribution < 1.29 is 27.5 Å². The van der Waals surface area contributed by atoms with Gasteiger partial charge in [-0.15, -0.1) is 0 Å². The molecule has 2 aromatic rings. The summed E-state index contributed by atoms with van der Waals surface area (Å²) in [6.45, 7) is 4.92. The van der Waals surface area contributed by atoms with Crippen LogP contribution in [0.25, 0.3) is 0 Å². The molecule has 0 radical (unpaired) electrons. The van der Waals surface area contributed by atoms with E-state index in [1.165, 1.54) is 31.3 Å². The Morgan fingerprint density at radius 1 is 1.00 bits per heavy atom. The maximum Gasteiger partial charge on any atom is 0.244 e. The molecule has 0 aromatic heterocycles. The molecule has 2 aromatic carbocycles. The molecule has 2 amide bonds. The quantitative estimate of drug-likeness (QED) is 0.370. The fraction of sp³-hybridized carbons (Fsp3) is 0.462. The summed E-state index contributed by atoms with van der Waals surface area (Å²) in [6, 6.07) is 8.47. The number of methoxy groups -OCH3 is 2. The van der Waals surface area contributed by atoms with Gasteiger partial charge in [0.25, 0.3) is 0 Å². The standard InChI is InChI=1S/C26H35Cl2N3O6S/c1-7-17(3)29-26(33)22(8-2)30(15-19-20(27)10-9-11-21(19)28)25(32)16-31(38(6,34)35)18-12-13-23(36-4)24(14-18)37-5/h9-14,17,22H,7-8,15-16H2,1-6H3,(H,29,33). The highest BCUT2D eigenvalue weighted by Gasteiger charge is 2.33. The van der Waals surface area contributed by atoms with Crippen molar-refractivity contribution >= 4 is 50.7 Å². The van der Waals surface area contributed by atoms with E-state index in [4.69, 9.17) is 32.7 Å². The molecule has 0 saturated carbocycles. The van der Waals surface area contributed by atoms with E-state index in [0.717, 1.165) is 10.6 Å². The number of hydrogen-bond donors (Lipinski definition) is 1. The van der Waals surface area contributed by atoms with Crippen molar-refractivity contribution in [1.29, 1.82) is 0 Å². The Bertz CT molecular complexity index is 1220. The van der Waals surface area contributed by atoms with Gasteiger partial charge < -0.3 is 19.7 Å². The van der Waals surface area contributed by atoms with E-state index in [-0.39, 0.29) is 30.6 Å². The number of carbonyl (C=O) groups excluding carboxylic acids is 2. The third kappa shape index (κ3) is 7.91. The lowest BCUT2D eigenvalue weighted by Crippen LogP contribution is -2.53. The number of hydrogen-bond acceptors (Lipinski definition) is 6. The maximum absolute atomic E-state index is 13.8. The molecule has 1 N–H and O–H groups in total. The van der Waals surface area contributed by atoms with Gasteiger partial charge in [-0.1, -0.05) is 43.1 Å². The third-order valence-electron chi connectivity index (χ3n) is 6.11. The predicted molar refractivity (Wildman–Crippen MR) is 151 cm³/mol. The summed E-state index contributed by atoms with van der Waals surface area (Å²) >= 11 is 12.8. The Morgan fingerprint density at radius 3 is 2.11 bits per heavy atom. The van der Waals surface area contributed by atoms with Crippen LogP contribution in [-0.4, -0.2) is 64.2 Å². The fourth-order valence-corrected chi connectivity index (χ4v) is 5.17. The highest BCUT2D eigenvalue weighted by molar-refractivity contribution is 7.92. The second kappa shape index (κ2) is 13.9. The molecule has 0 aliphatic carbocycles. The van der Waals surface area contributed by atoms with Crippen LogP contribution in [0.3, 0.4) is 0 Å². The van der Waals surface area contributed by atoms with Crippen molar-refractivity contribution in [1.82, 2.24) is 10.2 Å². The summed E-state index contributed by atoms with van der Waals surface area (Å²) < 4.78 is 37.2. The van der Waals surface area contributed by atoms with Gasteiger partial charge in [-0.05, 0) is 44.0 Å². The number of sulfonamides is 1. The Kier molecular flexibility index (Phi) is 11.5. The van der Waals surface area contributed by atoms with Crippen LogP contribution in [0.2, 0.25) is 10.0 Å². The Hall–Kier alpha value is -2.69. The van der Waals surface area contributed by atoms with Crippen LogP contribution in [0.15, 0.2) is 36.4 Å². The molecule has 12 heteroatoms. The lowest BCUT2D eigenvalue weighted by Gasteiger charge is -2.33. The number of amides is 2. The molecular weight excluding hydrogens is 553 g/mol. The van der Waals surface area contributed by atoms with Crippen molar-refractivity contribution in [3.63, 3.8) is 0 Å². The highest BCUT2D eigenvalue weighted by atomic mass is 35.5. The molecule has 0 saturated heterocycles. The Morgan fingerprint density at radius 2 is 1.61 bits per heavy atom. The average Bonchev–Trinajstić information content (AvgIpc) is 2.87. The molecule has 210 valence electrons. The third-order valence-corrected chi connectivity index (χ3v) is 7.96. The maximum atomic E-state index is 13.8. The van der Waals surface area contributed by atoms with Crippen molar-refractivity contribution in [3.8, 4) is 11.5 Å². The van der Waals surface area contributed by atoms with Gasteiger partial charge in [0.05, 0.1) is 26.2 Å². The predicted octanol–water partition coefficient (Wildman–Crippen LogP) is 4.50. The topological polar surface area (TPSA) is 105 Å². The number of nitrogens with zero attached hydrogens (tertiary/aromatic N) is 2. The molecule has 2 unspecified atom stereocenters. The monoisotopic (exact) mass is 587 g/mol. The van der Waals surface area contributed by atoms with Gasteiger partial charge in [0.2, 0.25) is 21.8 Å². The highest BCUT2D eigenvalue weighted by Crippen LogP contribution is 2.33. The first-order valence-corrected chi connectivity index (χ1v) is 14.7. The molecule has 0 bridgehead atoms. The van der Waals surface area contributed by atoms with Crippen LogP contribution in [0, 0.1) is 0 Å². The van der Waals surface area contributed by atoms with Gasteiger partial charge >= 0.3 is 0 Å². The first-order valence-electron chi connectivity index (χ1n) is 12.1. The molecule has 38 heavy (non-hydrogen) atoms. The fourth-order valence-electron chi connectivity index (χ4n) is 3.81. The van der Waals surface area contributed by atoms with Crippen molar-refractivity contribution in [2.75, 3.05) is 31.3 Å². The summed E-state index contributed by atoms with van der Waals surface area (Å²) in [4.78, 5) is 28.4. The van der Waals surface area contributed by atoms with E-state index in [2.05, 4.69) is 5.32 Å². The number of benzene rings is 2. The second-order valence-corrected chi connectivity index (χ2v) is 11.5. The lowest BCUT2D eigenvalue weighted by molar-refractivity contribution is -0.140.